The number of nitrogens with one attached hydrogen (secondary N) is 1. The van der Waals surface area contributed by atoms with Gasteiger partial charge in [-0.15, -0.1) is 0 Å². The number of amides is 2. The zero-order valence-electron chi connectivity index (χ0n) is 20.8. The second-order valence-corrected chi connectivity index (χ2v) is 9.89. The van der Waals surface area contributed by atoms with Crippen molar-refractivity contribution in [3.05, 3.63) is 41.5 Å². The molecule has 0 radical (unpaired) electrons. The van der Waals surface area contributed by atoms with E-state index in [9.17, 15) is 18.4 Å². The molecule has 8 heteroatoms. The summed E-state index contributed by atoms with van der Waals surface area (Å²) in [4.78, 5) is 28.0. The van der Waals surface area contributed by atoms with Crippen LogP contribution in [0.15, 0.2) is 34.5 Å². The molecule has 1 aromatic rings. The van der Waals surface area contributed by atoms with Crippen LogP contribution in [0.4, 0.5) is 8.78 Å². The number of halogens is 2. The van der Waals surface area contributed by atoms with Crippen molar-refractivity contribution in [1.29, 1.82) is 0 Å². The number of carbonyl (C=O) groups excluding carboxylic acids is 2. The first-order valence-corrected chi connectivity index (χ1v) is 12.1. The Labute approximate surface area is 200 Å². The lowest BCUT2D eigenvalue weighted by Gasteiger charge is -2.38. The second-order valence-electron chi connectivity index (χ2n) is 9.89. The third kappa shape index (κ3) is 4.91. The van der Waals surface area contributed by atoms with Gasteiger partial charge < -0.3 is 10.2 Å². The molecule has 2 amide bonds. The first-order chi connectivity index (χ1) is 16.2. The van der Waals surface area contributed by atoms with Gasteiger partial charge in [-0.3, -0.25) is 9.59 Å². The standard InChI is InChI=1S/C26H36F2N4O2/c1-16(2)26(25(34)32-13-7-10-22(32)24(33)29-4)12-11-18(15-26)17(3)14-21(31-30-5)23-19(27)8-6-9-20(23)28/h6,8-9,14,16-18,22H,7,10-13,15H2,1-5H3,(H,29,33)/b21-14-,31-30?/t17?,18-,22?,26+/m0/s1. The van der Waals surface area contributed by atoms with Gasteiger partial charge in [0, 0.05) is 20.6 Å². The molecule has 6 nitrogen and oxygen atoms in total. The van der Waals surface area contributed by atoms with Gasteiger partial charge in [0.25, 0.3) is 0 Å². The number of likely N-dealkylation sites (tertiary alicyclic amines) is 1. The Morgan fingerprint density at radius 3 is 2.47 bits per heavy atom. The molecular weight excluding hydrogens is 438 g/mol. The second kappa shape index (κ2) is 10.7. The summed E-state index contributed by atoms with van der Waals surface area (Å²) in [7, 11) is 3.07. The highest BCUT2D eigenvalue weighted by molar-refractivity contribution is 5.91. The van der Waals surface area contributed by atoms with Gasteiger partial charge in [0.1, 0.15) is 17.7 Å². The Kier molecular flexibility index (Phi) is 8.21. The lowest BCUT2D eigenvalue weighted by atomic mass is 9.72. The quantitative estimate of drug-likeness (QED) is 0.552. The molecule has 0 bridgehead atoms. The van der Waals surface area contributed by atoms with Crippen LogP contribution >= 0.6 is 0 Å². The van der Waals surface area contributed by atoms with Gasteiger partial charge >= 0.3 is 0 Å². The van der Waals surface area contributed by atoms with Crippen LogP contribution in [-0.2, 0) is 9.59 Å². The molecule has 0 aromatic heterocycles. The summed E-state index contributed by atoms with van der Waals surface area (Å²) in [6.07, 6.45) is 5.47. The minimum atomic E-state index is -0.682. The molecule has 2 fully saturated rings. The van der Waals surface area contributed by atoms with Crippen LogP contribution in [0.3, 0.4) is 0 Å². The van der Waals surface area contributed by atoms with Gasteiger partial charge in [-0.2, -0.15) is 10.2 Å². The fourth-order valence-electron chi connectivity index (χ4n) is 5.67. The van der Waals surface area contributed by atoms with Crippen molar-refractivity contribution in [2.45, 2.75) is 58.9 Å². The van der Waals surface area contributed by atoms with Crippen molar-refractivity contribution in [2.24, 2.45) is 33.4 Å². The topological polar surface area (TPSA) is 74.1 Å². The predicted octanol–water partition coefficient (Wildman–Crippen LogP) is 5.20. The van der Waals surface area contributed by atoms with Crippen molar-refractivity contribution >= 4 is 17.5 Å². The van der Waals surface area contributed by atoms with E-state index in [0.717, 1.165) is 19.3 Å². The highest BCUT2D eigenvalue weighted by Gasteiger charge is 2.52. The largest absolute Gasteiger partial charge is 0.357 e. The lowest BCUT2D eigenvalue weighted by Crippen LogP contribution is -2.51. The molecule has 34 heavy (non-hydrogen) atoms. The summed E-state index contributed by atoms with van der Waals surface area (Å²) in [5.74, 6) is -1.24. The predicted molar refractivity (Wildman–Crippen MR) is 128 cm³/mol. The highest BCUT2D eigenvalue weighted by atomic mass is 19.1. The number of benzene rings is 1. The van der Waals surface area contributed by atoms with Crippen molar-refractivity contribution < 1.29 is 18.4 Å². The Bertz CT molecular complexity index is 957. The van der Waals surface area contributed by atoms with Gasteiger partial charge in [0.15, 0.2) is 0 Å². The molecule has 1 aliphatic carbocycles. The van der Waals surface area contributed by atoms with Crippen LogP contribution in [0.1, 0.15) is 58.4 Å². The smallest absolute Gasteiger partial charge is 0.242 e. The zero-order chi connectivity index (χ0) is 25.0. The SMILES string of the molecule is CN=N/C(=C\C(C)[C@H]1CC[C@](C(=O)N2CCCC2C(=O)NC)(C(C)C)C1)c1c(F)cccc1F. The van der Waals surface area contributed by atoms with Crippen LogP contribution in [0, 0.1) is 34.8 Å². The van der Waals surface area contributed by atoms with Crippen molar-refractivity contribution in [3.8, 4) is 0 Å². The number of carbonyl (C=O) groups is 2. The minimum Gasteiger partial charge on any atom is -0.357 e. The first kappa shape index (κ1) is 26.0. The number of allylic oxidation sites excluding steroid dienone is 1. The summed E-state index contributed by atoms with van der Waals surface area (Å²) >= 11 is 0. The van der Waals surface area contributed by atoms with Crippen LogP contribution in [-0.4, -0.2) is 43.4 Å². The Hall–Kier alpha value is -2.64. The number of likely N-dealkylation sites (N-methyl/N-ethyl adjacent to an activating group) is 1. The monoisotopic (exact) mass is 474 g/mol. The van der Waals surface area contributed by atoms with Crippen molar-refractivity contribution in [2.75, 3.05) is 20.6 Å². The molecule has 1 aliphatic heterocycles. The maximum atomic E-state index is 14.4. The zero-order valence-corrected chi connectivity index (χ0v) is 20.8. The molecule has 0 spiro atoms. The Balaban J connectivity index is 1.87. The van der Waals surface area contributed by atoms with E-state index in [-0.39, 0.29) is 40.8 Å². The lowest BCUT2D eigenvalue weighted by molar-refractivity contribution is -0.149. The minimum absolute atomic E-state index is 0.0564. The molecular formula is C26H36F2N4O2. The van der Waals surface area contributed by atoms with Crippen LogP contribution < -0.4 is 5.32 Å². The van der Waals surface area contributed by atoms with E-state index in [0.29, 0.717) is 19.4 Å². The summed E-state index contributed by atoms with van der Waals surface area (Å²) in [5.41, 5.74) is -0.577. The van der Waals surface area contributed by atoms with E-state index in [1.807, 2.05) is 6.92 Å². The Morgan fingerprint density at radius 2 is 1.88 bits per heavy atom. The Morgan fingerprint density at radius 1 is 1.21 bits per heavy atom. The van der Waals surface area contributed by atoms with Gasteiger partial charge in [-0.25, -0.2) is 8.78 Å². The van der Waals surface area contributed by atoms with E-state index < -0.39 is 23.1 Å². The number of hydrogen-bond donors (Lipinski definition) is 1. The molecule has 1 aromatic carbocycles. The molecule has 186 valence electrons. The van der Waals surface area contributed by atoms with Crippen LogP contribution in [0.2, 0.25) is 0 Å². The van der Waals surface area contributed by atoms with Crippen molar-refractivity contribution in [1.82, 2.24) is 10.2 Å². The summed E-state index contributed by atoms with van der Waals surface area (Å²) in [6, 6.07) is 3.32. The van der Waals surface area contributed by atoms with E-state index in [2.05, 4.69) is 29.4 Å². The van der Waals surface area contributed by atoms with Crippen molar-refractivity contribution in [3.63, 3.8) is 0 Å². The number of hydrogen-bond acceptors (Lipinski definition) is 4. The molecule has 1 saturated carbocycles. The molecule has 3 rings (SSSR count). The number of rotatable bonds is 7. The van der Waals surface area contributed by atoms with Gasteiger partial charge in [-0.05, 0) is 62.0 Å². The molecule has 1 N–H and O–H groups in total. The third-order valence-electron chi connectivity index (χ3n) is 7.77. The third-order valence-corrected chi connectivity index (χ3v) is 7.77. The van der Waals surface area contributed by atoms with E-state index in [1.165, 1.54) is 25.2 Å². The number of nitrogens with zero attached hydrogens (tertiary/aromatic N) is 3. The van der Waals surface area contributed by atoms with Crippen LogP contribution in [0.25, 0.3) is 5.70 Å². The number of azo groups is 1. The van der Waals surface area contributed by atoms with Crippen LogP contribution in [0.5, 0.6) is 0 Å². The van der Waals surface area contributed by atoms with E-state index in [4.69, 9.17) is 0 Å². The normalized spacial score (nSPS) is 26.5. The molecule has 2 unspecified atom stereocenters. The fourth-order valence-corrected chi connectivity index (χ4v) is 5.67. The average molecular weight is 475 g/mol. The van der Waals surface area contributed by atoms with Gasteiger partial charge in [-0.1, -0.05) is 32.9 Å². The highest BCUT2D eigenvalue weighted by Crippen LogP contribution is 2.51. The average Bonchev–Trinajstić information content (AvgIpc) is 3.46. The van der Waals surface area contributed by atoms with E-state index >= 15 is 0 Å². The first-order valence-electron chi connectivity index (χ1n) is 12.1. The molecule has 4 atom stereocenters. The summed E-state index contributed by atoms with van der Waals surface area (Å²) in [5, 5.41) is 10.5. The molecule has 2 aliphatic rings. The summed E-state index contributed by atoms with van der Waals surface area (Å²) in [6.45, 7) is 6.73. The van der Waals surface area contributed by atoms with E-state index in [1.54, 1.807) is 18.0 Å². The maximum Gasteiger partial charge on any atom is 0.242 e. The molecule has 1 saturated heterocycles. The maximum absolute atomic E-state index is 14.4. The van der Waals surface area contributed by atoms with Gasteiger partial charge in [0.05, 0.1) is 16.7 Å². The van der Waals surface area contributed by atoms with Gasteiger partial charge in [0.2, 0.25) is 11.8 Å². The summed E-state index contributed by atoms with van der Waals surface area (Å²) < 4.78 is 28.8. The fraction of sp³-hybridized carbons (Fsp3) is 0.615. The molecule has 1 heterocycles.